The van der Waals surface area contributed by atoms with Crippen LogP contribution in [0.4, 0.5) is 0 Å². The van der Waals surface area contributed by atoms with E-state index < -0.39 is 18.0 Å². The lowest BCUT2D eigenvalue weighted by Crippen LogP contribution is -2.53. The van der Waals surface area contributed by atoms with Crippen LogP contribution < -0.4 is 15.4 Å². The molecule has 0 fully saturated rings. The van der Waals surface area contributed by atoms with Gasteiger partial charge in [-0.3, -0.25) is 14.4 Å². The third-order valence-corrected chi connectivity index (χ3v) is 6.46. The van der Waals surface area contributed by atoms with Gasteiger partial charge in [-0.2, -0.15) is 0 Å². The molecule has 0 saturated carbocycles. The number of furan rings is 1. The SMILES string of the molecule is CCCCC(NC(=O)C(CC(C)C)NC(=O)COc1ccccc1Cl)C(=O)CSCc1ccco1. The van der Waals surface area contributed by atoms with Gasteiger partial charge < -0.3 is 19.8 Å². The number of nitrogens with one attached hydrogen (secondary N) is 2. The van der Waals surface area contributed by atoms with Gasteiger partial charge in [-0.15, -0.1) is 11.8 Å². The number of rotatable bonds is 16. The van der Waals surface area contributed by atoms with Crippen LogP contribution in [0.25, 0.3) is 0 Å². The maximum absolute atomic E-state index is 13.1. The van der Waals surface area contributed by atoms with Crippen molar-refractivity contribution in [1.29, 1.82) is 0 Å². The van der Waals surface area contributed by atoms with Crippen LogP contribution in [0.5, 0.6) is 5.75 Å². The Bertz CT molecular complexity index is 936. The number of Topliss-reactive ketones (excluding diaryl/α,β-unsaturated/α-hetero) is 1. The predicted octanol–water partition coefficient (Wildman–Crippen LogP) is 5.02. The summed E-state index contributed by atoms with van der Waals surface area (Å²) in [6.07, 6.45) is 4.31. The Morgan fingerprint density at radius 1 is 1.09 bits per heavy atom. The van der Waals surface area contributed by atoms with Crippen molar-refractivity contribution in [3.63, 3.8) is 0 Å². The summed E-state index contributed by atoms with van der Waals surface area (Å²) >= 11 is 7.52. The number of hydrogen-bond donors (Lipinski definition) is 2. The average Bonchev–Trinajstić information content (AvgIpc) is 3.34. The van der Waals surface area contributed by atoms with E-state index in [1.807, 2.05) is 32.9 Å². The molecule has 9 heteroatoms. The maximum Gasteiger partial charge on any atom is 0.258 e. The van der Waals surface area contributed by atoms with Crippen LogP contribution in [-0.4, -0.2) is 42.0 Å². The molecule has 2 amide bonds. The molecule has 2 unspecified atom stereocenters. The van der Waals surface area contributed by atoms with Crippen molar-refractivity contribution in [3.8, 4) is 5.75 Å². The third-order valence-electron chi connectivity index (χ3n) is 5.17. The zero-order valence-electron chi connectivity index (χ0n) is 20.6. The molecular weight excluding hydrogens is 488 g/mol. The number of carbonyl (C=O) groups is 3. The molecule has 35 heavy (non-hydrogen) atoms. The van der Waals surface area contributed by atoms with Crippen molar-refractivity contribution in [3.05, 3.63) is 53.4 Å². The molecule has 2 atom stereocenters. The minimum absolute atomic E-state index is 0.0416. The zero-order chi connectivity index (χ0) is 25.6. The molecule has 0 aliphatic heterocycles. The number of para-hydroxylation sites is 1. The largest absolute Gasteiger partial charge is 0.482 e. The Balaban J connectivity index is 1.95. The fraction of sp³-hybridized carbons (Fsp3) is 0.500. The smallest absolute Gasteiger partial charge is 0.258 e. The molecule has 0 aliphatic carbocycles. The third kappa shape index (κ3) is 10.8. The molecule has 0 saturated heterocycles. The second-order valence-electron chi connectivity index (χ2n) is 8.71. The lowest BCUT2D eigenvalue weighted by molar-refractivity contribution is -0.132. The van der Waals surface area contributed by atoms with E-state index in [0.29, 0.717) is 29.4 Å². The second kappa shape index (κ2) is 15.5. The highest BCUT2D eigenvalue weighted by Crippen LogP contribution is 2.23. The topological polar surface area (TPSA) is 97.6 Å². The van der Waals surface area contributed by atoms with Crippen molar-refractivity contribution < 1.29 is 23.5 Å². The summed E-state index contributed by atoms with van der Waals surface area (Å²) in [5.74, 6) is 1.37. The van der Waals surface area contributed by atoms with Crippen molar-refractivity contribution in [1.82, 2.24) is 10.6 Å². The Labute approximate surface area is 216 Å². The molecular formula is C26H35ClN2O5S. The van der Waals surface area contributed by atoms with Crippen LogP contribution in [0, 0.1) is 5.92 Å². The van der Waals surface area contributed by atoms with Gasteiger partial charge >= 0.3 is 0 Å². The monoisotopic (exact) mass is 522 g/mol. The quantitative estimate of drug-likeness (QED) is 0.321. The first-order valence-electron chi connectivity index (χ1n) is 11.9. The van der Waals surface area contributed by atoms with Gasteiger partial charge in [0.25, 0.3) is 5.91 Å². The summed E-state index contributed by atoms with van der Waals surface area (Å²) in [4.78, 5) is 38.5. The van der Waals surface area contributed by atoms with Crippen LogP contribution in [0.15, 0.2) is 47.1 Å². The molecule has 7 nitrogen and oxygen atoms in total. The molecule has 1 heterocycles. The van der Waals surface area contributed by atoms with Gasteiger partial charge in [0.2, 0.25) is 5.91 Å². The summed E-state index contributed by atoms with van der Waals surface area (Å²) in [5.41, 5.74) is 0. The molecule has 0 bridgehead atoms. The molecule has 0 aliphatic rings. The van der Waals surface area contributed by atoms with Gasteiger partial charge in [0.1, 0.15) is 17.6 Å². The van der Waals surface area contributed by atoms with Crippen molar-refractivity contribution >= 4 is 41.0 Å². The standard InChI is InChI=1S/C26H35ClN2O5S/c1-4-5-11-21(23(30)17-35-16-19-9-8-13-33-19)29-26(32)22(14-18(2)3)28-25(31)15-34-24-12-7-6-10-20(24)27/h6-10,12-13,18,21-22H,4-5,11,14-17H2,1-3H3,(H,28,31)(H,29,32). The van der Waals surface area contributed by atoms with Gasteiger partial charge in [0.05, 0.1) is 28.8 Å². The number of carbonyl (C=O) groups excluding carboxylic acids is 3. The van der Waals surface area contributed by atoms with Crippen LogP contribution >= 0.6 is 23.4 Å². The highest BCUT2D eigenvalue weighted by molar-refractivity contribution is 7.99. The molecule has 1 aromatic carbocycles. The van der Waals surface area contributed by atoms with Crippen LogP contribution in [0.2, 0.25) is 5.02 Å². The number of hydrogen-bond acceptors (Lipinski definition) is 6. The lowest BCUT2D eigenvalue weighted by atomic mass is 10.0. The summed E-state index contributed by atoms with van der Waals surface area (Å²) in [7, 11) is 0. The Morgan fingerprint density at radius 2 is 1.86 bits per heavy atom. The van der Waals surface area contributed by atoms with E-state index in [2.05, 4.69) is 10.6 Å². The number of halogens is 1. The Morgan fingerprint density at radius 3 is 2.51 bits per heavy atom. The van der Waals surface area contributed by atoms with Gasteiger partial charge in [-0.05, 0) is 43.0 Å². The molecule has 2 N–H and O–H groups in total. The molecule has 1 aromatic heterocycles. The van der Waals surface area contributed by atoms with Crippen LogP contribution in [0.1, 0.15) is 52.2 Å². The molecule has 0 spiro atoms. The summed E-state index contributed by atoms with van der Waals surface area (Å²) in [6.45, 7) is 5.71. The summed E-state index contributed by atoms with van der Waals surface area (Å²) < 4.78 is 10.8. The van der Waals surface area contributed by atoms with E-state index in [-0.39, 0.29) is 30.0 Å². The van der Waals surface area contributed by atoms with Crippen LogP contribution in [-0.2, 0) is 20.1 Å². The maximum atomic E-state index is 13.1. The molecule has 2 aromatic rings. The molecule has 0 radical (unpaired) electrons. The number of thioether (sulfide) groups is 1. The number of benzene rings is 1. The number of unbranched alkanes of at least 4 members (excludes halogenated alkanes) is 1. The van der Waals surface area contributed by atoms with E-state index in [9.17, 15) is 14.4 Å². The van der Waals surface area contributed by atoms with Gasteiger partial charge in [0, 0.05) is 0 Å². The highest BCUT2D eigenvalue weighted by atomic mass is 35.5. The average molecular weight is 523 g/mol. The van der Waals surface area contributed by atoms with E-state index >= 15 is 0 Å². The summed E-state index contributed by atoms with van der Waals surface area (Å²) in [6, 6.07) is 9.17. The fourth-order valence-corrected chi connectivity index (χ4v) is 4.45. The number of amides is 2. The predicted molar refractivity (Wildman–Crippen MR) is 140 cm³/mol. The van der Waals surface area contributed by atoms with E-state index in [0.717, 1.165) is 18.6 Å². The first-order chi connectivity index (χ1) is 16.8. The lowest BCUT2D eigenvalue weighted by Gasteiger charge is -2.24. The fourth-order valence-electron chi connectivity index (χ4n) is 3.39. The summed E-state index contributed by atoms with van der Waals surface area (Å²) in [5, 5.41) is 6.04. The van der Waals surface area contributed by atoms with Gasteiger partial charge in [-0.1, -0.05) is 57.3 Å². The van der Waals surface area contributed by atoms with Crippen LogP contribution in [0.3, 0.4) is 0 Å². The Hall–Kier alpha value is -2.45. The normalized spacial score (nSPS) is 12.7. The number of ether oxygens (including phenoxy) is 1. The second-order valence-corrected chi connectivity index (χ2v) is 10.1. The van der Waals surface area contributed by atoms with E-state index in [1.165, 1.54) is 11.8 Å². The van der Waals surface area contributed by atoms with Crippen molar-refractivity contribution in [2.75, 3.05) is 12.4 Å². The minimum atomic E-state index is -0.773. The Kier molecular flexibility index (Phi) is 12.8. The number of ketones is 1. The molecule has 2 rings (SSSR count). The first-order valence-corrected chi connectivity index (χ1v) is 13.4. The minimum Gasteiger partial charge on any atom is -0.482 e. The first kappa shape index (κ1) is 28.8. The van der Waals surface area contributed by atoms with Gasteiger partial charge in [-0.25, -0.2) is 0 Å². The van der Waals surface area contributed by atoms with E-state index in [4.69, 9.17) is 20.8 Å². The van der Waals surface area contributed by atoms with E-state index in [1.54, 1.807) is 30.5 Å². The molecule has 192 valence electrons. The van der Waals surface area contributed by atoms with Gasteiger partial charge in [0.15, 0.2) is 12.4 Å². The zero-order valence-corrected chi connectivity index (χ0v) is 22.1. The van der Waals surface area contributed by atoms with Crippen molar-refractivity contribution in [2.45, 2.75) is 64.3 Å². The van der Waals surface area contributed by atoms with Crippen molar-refractivity contribution in [2.24, 2.45) is 5.92 Å². The highest BCUT2D eigenvalue weighted by Gasteiger charge is 2.27.